The van der Waals surface area contributed by atoms with Gasteiger partial charge < -0.3 is 15.2 Å². The Bertz CT molecular complexity index is 448. The molecule has 0 radical (unpaired) electrons. The van der Waals surface area contributed by atoms with Crippen molar-refractivity contribution in [2.45, 2.75) is 13.3 Å². The summed E-state index contributed by atoms with van der Waals surface area (Å²) >= 11 is 5.89. The number of aliphatic carboxylic acids is 1. The molecule has 5 nitrogen and oxygen atoms in total. The summed E-state index contributed by atoms with van der Waals surface area (Å²) in [4.78, 5) is 21.6. The van der Waals surface area contributed by atoms with Gasteiger partial charge in [-0.15, -0.1) is 0 Å². The number of amides is 1. The Labute approximate surface area is 110 Å². The van der Waals surface area contributed by atoms with E-state index in [0.717, 1.165) is 5.56 Å². The summed E-state index contributed by atoms with van der Waals surface area (Å²) in [5.41, 5.74) is 0.973. The molecule has 0 unspecified atom stereocenters. The molecule has 0 aliphatic rings. The van der Waals surface area contributed by atoms with Crippen LogP contribution >= 0.6 is 11.6 Å². The van der Waals surface area contributed by atoms with Gasteiger partial charge in [-0.3, -0.25) is 9.59 Å². The van der Waals surface area contributed by atoms with Crippen molar-refractivity contribution in [3.05, 3.63) is 28.8 Å². The van der Waals surface area contributed by atoms with E-state index in [-0.39, 0.29) is 25.5 Å². The summed E-state index contributed by atoms with van der Waals surface area (Å²) in [7, 11) is 0. The number of rotatable bonds is 6. The minimum absolute atomic E-state index is 0.0824. The highest BCUT2D eigenvalue weighted by Gasteiger charge is 2.06. The molecule has 2 N–H and O–H groups in total. The molecule has 0 saturated heterocycles. The van der Waals surface area contributed by atoms with E-state index in [1.165, 1.54) is 0 Å². The van der Waals surface area contributed by atoms with Crippen LogP contribution in [-0.2, 0) is 9.59 Å². The van der Waals surface area contributed by atoms with E-state index in [0.29, 0.717) is 10.8 Å². The Morgan fingerprint density at radius 3 is 2.83 bits per heavy atom. The van der Waals surface area contributed by atoms with Crippen molar-refractivity contribution in [2.24, 2.45) is 0 Å². The van der Waals surface area contributed by atoms with Crippen LogP contribution in [0.5, 0.6) is 5.75 Å². The van der Waals surface area contributed by atoms with Crippen LogP contribution in [0.2, 0.25) is 5.02 Å². The van der Waals surface area contributed by atoms with Crippen LogP contribution in [0.15, 0.2) is 18.2 Å². The van der Waals surface area contributed by atoms with Crippen molar-refractivity contribution in [2.75, 3.05) is 13.2 Å². The number of benzene rings is 1. The highest BCUT2D eigenvalue weighted by atomic mass is 35.5. The SMILES string of the molecule is Cc1ccc(Cl)c(OCC(=O)NCCC(=O)O)c1. The Morgan fingerprint density at radius 2 is 2.17 bits per heavy atom. The molecular formula is C12H14ClNO4. The number of halogens is 1. The first-order chi connectivity index (χ1) is 8.49. The fourth-order valence-corrected chi connectivity index (χ4v) is 1.40. The molecule has 0 fully saturated rings. The second-order valence-electron chi connectivity index (χ2n) is 3.72. The Balaban J connectivity index is 2.38. The number of hydrogen-bond acceptors (Lipinski definition) is 3. The molecule has 1 aromatic rings. The van der Waals surface area contributed by atoms with Crippen molar-refractivity contribution < 1.29 is 19.4 Å². The predicted octanol–water partition coefficient (Wildman–Crippen LogP) is 1.62. The van der Waals surface area contributed by atoms with Crippen molar-refractivity contribution >= 4 is 23.5 Å². The quantitative estimate of drug-likeness (QED) is 0.824. The van der Waals surface area contributed by atoms with Crippen LogP contribution in [0.3, 0.4) is 0 Å². The van der Waals surface area contributed by atoms with Gasteiger partial charge >= 0.3 is 5.97 Å². The monoisotopic (exact) mass is 271 g/mol. The fraction of sp³-hybridized carbons (Fsp3) is 0.333. The summed E-state index contributed by atoms with van der Waals surface area (Å²) in [5.74, 6) is -0.906. The lowest BCUT2D eigenvalue weighted by Crippen LogP contribution is -2.30. The van der Waals surface area contributed by atoms with Crippen LogP contribution < -0.4 is 10.1 Å². The molecule has 0 spiro atoms. The zero-order chi connectivity index (χ0) is 13.5. The maximum atomic E-state index is 11.3. The van der Waals surface area contributed by atoms with E-state index in [1.54, 1.807) is 12.1 Å². The Hall–Kier alpha value is -1.75. The zero-order valence-corrected chi connectivity index (χ0v) is 10.7. The predicted molar refractivity (Wildman–Crippen MR) is 66.9 cm³/mol. The molecule has 0 aromatic heterocycles. The Kier molecular flexibility index (Phi) is 5.45. The number of ether oxygens (including phenoxy) is 1. The first-order valence-electron chi connectivity index (χ1n) is 5.36. The van der Waals surface area contributed by atoms with E-state index in [2.05, 4.69) is 5.32 Å². The summed E-state index contributed by atoms with van der Waals surface area (Å²) < 4.78 is 5.25. The minimum atomic E-state index is -0.960. The number of nitrogens with one attached hydrogen (secondary N) is 1. The van der Waals surface area contributed by atoms with Gasteiger partial charge in [-0.05, 0) is 24.6 Å². The van der Waals surface area contributed by atoms with E-state index >= 15 is 0 Å². The smallest absolute Gasteiger partial charge is 0.305 e. The van der Waals surface area contributed by atoms with Crippen LogP contribution in [0, 0.1) is 6.92 Å². The zero-order valence-electron chi connectivity index (χ0n) is 9.90. The van der Waals surface area contributed by atoms with E-state index in [4.69, 9.17) is 21.4 Å². The van der Waals surface area contributed by atoms with Gasteiger partial charge in [-0.2, -0.15) is 0 Å². The highest BCUT2D eigenvalue weighted by molar-refractivity contribution is 6.32. The van der Waals surface area contributed by atoms with Gasteiger partial charge in [0.05, 0.1) is 11.4 Å². The van der Waals surface area contributed by atoms with Gasteiger partial charge in [0.15, 0.2) is 6.61 Å². The third-order valence-corrected chi connectivity index (χ3v) is 2.42. The molecule has 1 aromatic carbocycles. The molecular weight excluding hydrogens is 258 g/mol. The maximum absolute atomic E-state index is 11.3. The van der Waals surface area contributed by atoms with Crippen LogP contribution in [0.25, 0.3) is 0 Å². The van der Waals surface area contributed by atoms with E-state index in [9.17, 15) is 9.59 Å². The lowest BCUT2D eigenvalue weighted by Gasteiger charge is -2.08. The molecule has 0 aliphatic heterocycles. The summed E-state index contributed by atoms with van der Waals surface area (Å²) in [5, 5.41) is 11.3. The fourth-order valence-electron chi connectivity index (χ4n) is 1.22. The number of carboxylic acids is 1. The molecule has 0 heterocycles. The number of aryl methyl sites for hydroxylation is 1. The molecule has 98 valence electrons. The molecule has 0 saturated carbocycles. The average Bonchev–Trinajstić information content (AvgIpc) is 2.30. The second kappa shape index (κ2) is 6.86. The highest BCUT2D eigenvalue weighted by Crippen LogP contribution is 2.24. The number of carbonyl (C=O) groups is 2. The van der Waals surface area contributed by atoms with Gasteiger partial charge in [0.2, 0.25) is 0 Å². The van der Waals surface area contributed by atoms with Gasteiger partial charge in [0.25, 0.3) is 5.91 Å². The molecule has 0 atom stereocenters. The van der Waals surface area contributed by atoms with Crippen LogP contribution in [0.1, 0.15) is 12.0 Å². The normalized spacial score (nSPS) is 9.89. The molecule has 0 aliphatic carbocycles. The lowest BCUT2D eigenvalue weighted by molar-refractivity contribution is -0.137. The van der Waals surface area contributed by atoms with Gasteiger partial charge in [0, 0.05) is 6.54 Å². The average molecular weight is 272 g/mol. The van der Waals surface area contributed by atoms with Crippen LogP contribution in [-0.4, -0.2) is 30.1 Å². The van der Waals surface area contributed by atoms with Gasteiger partial charge in [-0.25, -0.2) is 0 Å². The third kappa shape index (κ3) is 5.05. The van der Waals surface area contributed by atoms with E-state index < -0.39 is 5.97 Å². The minimum Gasteiger partial charge on any atom is -0.482 e. The van der Waals surface area contributed by atoms with Crippen LogP contribution in [0.4, 0.5) is 0 Å². The summed E-state index contributed by atoms with van der Waals surface area (Å²) in [6, 6.07) is 5.25. The first-order valence-corrected chi connectivity index (χ1v) is 5.74. The Morgan fingerprint density at radius 1 is 1.44 bits per heavy atom. The van der Waals surface area contributed by atoms with Crippen molar-refractivity contribution in [1.82, 2.24) is 5.32 Å². The molecule has 0 bridgehead atoms. The van der Waals surface area contributed by atoms with Gasteiger partial charge in [0.1, 0.15) is 5.75 Å². The standard InChI is InChI=1S/C12H14ClNO4/c1-8-2-3-9(13)10(6-8)18-7-11(15)14-5-4-12(16)17/h2-3,6H,4-5,7H2,1H3,(H,14,15)(H,16,17). The van der Waals surface area contributed by atoms with Crippen molar-refractivity contribution in [3.63, 3.8) is 0 Å². The van der Waals surface area contributed by atoms with E-state index in [1.807, 2.05) is 13.0 Å². The summed E-state index contributed by atoms with van der Waals surface area (Å²) in [6.07, 6.45) is -0.114. The molecule has 18 heavy (non-hydrogen) atoms. The largest absolute Gasteiger partial charge is 0.482 e. The second-order valence-corrected chi connectivity index (χ2v) is 4.12. The topological polar surface area (TPSA) is 75.6 Å². The molecule has 6 heteroatoms. The summed E-state index contributed by atoms with van der Waals surface area (Å²) in [6.45, 7) is 1.78. The first kappa shape index (κ1) is 14.3. The third-order valence-electron chi connectivity index (χ3n) is 2.11. The van der Waals surface area contributed by atoms with Gasteiger partial charge in [-0.1, -0.05) is 17.7 Å². The molecule has 1 rings (SSSR count). The lowest BCUT2D eigenvalue weighted by atomic mass is 10.2. The molecule has 1 amide bonds. The number of carbonyl (C=O) groups excluding carboxylic acids is 1. The number of hydrogen-bond donors (Lipinski definition) is 2. The number of carboxylic acid groups (broad SMARTS) is 1. The maximum Gasteiger partial charge on any atom is 0.305 e. The van der Waals surface area contributed by atoms with Crippen molar-refractivity contribution in [1.29, 1.82) is 0 Å². The van der Waals surface area contributed by atoms with Crippen molar-refractivity contribution in [3.8, 4) is 5.75 Å².